The third kappa shape index (κ3) is 3.83. The summed E-state index contributed by atoms with van der Waals surface area (Å²) in [5.41, 5.74) is 0.430. The van der Waals surface area contributed by atoms with Crippen molar-refractivity contribution in [2.24, 2.45) is 0 Å². The molecule has 0 unspecified atom stereocenters. The highest BCUT2D eigenvalue weighted by atomic mass is 16.2. The molecule has 0 aromatic carbocycles. The number of carbonyl (C=O) groups is 2. The van der Waals surface area contributed by atoms with E-state index in [9.17, 15) is 9.59 Å². The highest BCUT2D eigenvalue weighted by Gasteiger charge is 2.25. The van der Waals surface area contributed by atoms with E-state index in [0.717, 1.165) is 18.7 Å². The fraction of sp³-hybridized carbons (Fsp3) is 0.647. The van der Waals surface area contributed by atoms with E-state index < -0.39 is 0 Å². The molecule has 0 spiro atoms. The SMILES string of the molecule is CC(=O)N1CCN(C(=O)c2cc(NC3CCCC3)nc(C)n2)CC1. The van der Waals surface area contributed by atoms with Crippen molar-refractivity contribution in [1.29, 1.82) is 0 Å². The Balaban J connectivity index is 1.68. The fourth-order valence-corrected chi connectivity index (χ4v) is 3.42. The number of carbonyl (C=O) groups excluding carboxylic acids is 2. The number of aryl methyl sites for hydroxylation is 1. The van der Waals surface area contributed by atoms with Gasteiger partial charge >= 0.3 is 0 Å². The van der Waals surface area contributed by atoms with Gasteiger partial charge in [-0.05, 0) is 19.8 Å². The second-order valence-corrected chi connectivity index (χ2v) is 6.61. The monoisotopic (exact) mass is 331 g/mol. The van der Waals surface area contributed by atoms with Crippen molar-refractivity contribution < 1.29 is 9.59 Å². The minimum atomic E-state index is -0.0850. The number of rotatable bonds is 3. The predicted octanol–water partition coefficient (Wildman–Crippen LogP) is 1.44. The van der Waals surface area contributed by atoms with E-state index in [-0.39, 0.29) is 11.8 Å². The second kappa shape index (κ2) is 7.15. The number of anilines is 1. The van der Waals surface area contributed by atoms with Crippen molar-refractivity contribution in [1.82, 2.24) is 19.8 Å². The van der Waals surface area contributed by atoms with Crippen LogP contribution in [-0.4, -0.2) is 63.8 Å². The van der Waals surface area contributed by atoms with E-state index in [0.29, 0.717) is 43.7 Å². The Hall–Kier alpha value is -2.18. The van der Waals surface area contributed by atoms with Gasteiger partial charge < -0.3 is 15.1 Å². The smallest absolute Gasteiger partial charge is 0.272 e. The summed E-state index contributed by atoms with van der Waals surface area (Å²) in [6.45, 7) is 5.63. The van der Waals surface area contributed by atoms with Crippen LogP contribution in [0, 0.1) is 6.92 Å². The predicted molar refractivity (Wildman–Crippen MR) is 90.8 cm³/mol. The first kappa shape index (κ1) is 16.7. The standard InChI is InChI=1S/C17H25N5O2/c1-12-18-15(11-16(19-12)20-14-5-3-4-6-14)17(24)22-9-7-21(8-10-22)13(2)23/h11,14H,3-10H2,1-2H3,(H,18,19,20). The fourth-order valence-electron chi connectivity index (χ4n) is 3.42. The Labute approximate surface area is 142 Å². The van der Waals surface area contributed by atoms with Gasteiger partial charge in [-0.2, -0.15) is 0 Å². The van der Waals surface area contributed by atoms with Crippen LogP contribution in [0.25, 0.3) is 0 Å². The van der Waals surface area contributed by atoms with Gasteiger partial charge in [-0.3, -0.25) is 9.59 Å². The van der Waals surface area contributed by atoms with E-state index in [1.807, 2.05) is 6.92 Å². The number of hydrogen-bond acceptors (Lipinski definition) is 5. The van der Waals surface area contributed by atoms with Crippen LogP contribution in [0.5, 0.6) is 0 Å². The molecule has 1 saturated heterocycles. The minimum Gasteiger partial charge on any atom is -0.367 e. The van der Waals surface area contributed by atoms with Gasteiger partial charge in [0.2, 0.25) is 5.91 Å². The molecule has 7 nitrogen and oxygen atoms in total. The molecule has 2 aliphatic rings. The summed E-state index contributed by atoms with van der Waals surface area (Å²) >= 11 is 0. The minimum absolute atomic E-state index is 0.0584. The number of amides is 2. The molecule has 2 heterocycles. The van der Waals surface area contributed by atoms with Crippen LogP contribution >= 0.6 is 0 Å². The lowest BCUT2D eigenvalue weighted by Crippen LogP contribution is -2.50. The summed E-state index contributed by atoms with van der Waals surface area (Å²) in [6.07, 6.45) is 4.79. The molecule has 1 saturated carbocycles. The van der Waals surface area contributed by atoms with Gasteiger partial charge in [-0.25, -0.2) is 9.97 Å². The lowest BCUT2D eigenvalue weighted by atomic mass is 10.2. The molecule has 24 heavy (non-hydrogen) atoms. The molecular formula is C17H25N5O2. The van der Waals surface area contributed by atoms with Crippen molar-refractivity contribution in [3.05, 3.63) is 17.6 Å². The van der Waals surface area contributed by atoms with E-state index >= 15 is 0 Å². The summed E-state index contributed by atoms with van der Waals surface area (Å²) in [5.74, 6) is 1.31. The summed E-state index contributed by atoms with van der Waals surface area (Å²) < 4.78 is 0. The first-order chi connectivity index (χ1) is 11.5. The lowest BCUT2D eigenvalue weighted by molar-refractivity contribution is -0.130. The van der Waals surface area contributed by atoms with E-state index in [1.165, 1.54) is 12.8 Å². The number of piperazine rings is 1. The molecule has 1 aromatic rings. The largest absolute Gasteiger partial charge is 0.367 e. The van der Waals surface area contributed by atoms with Gasteiger partial charge in [0.05, 0.1) is 0 Å². The highest BCUT2D eigenvalue weighted by Crippen LogP contribution is 2.22. The quantitative estimate of drug-likeness (QED) is 0.907. The van der Waals surface area contributed by atoms with Gasteiger partial charge in [0, 0.05) is 45.2 Å². The summed E-state index contributed by atoms with van der Waals surface area (Å²) in [5, 5.41) is 3.43. The van der Waals surface area contributed by atoms with E-state index in [4.69, 9.17) is 0 Å². The van der Waals surface area contributed by atoms with Crippen LogP contribution in [0.4, 0.5) is 5.82 Å². The maximum atomic E-state index is 12.7. The molecule has 0 atom stereocenters. The Bertz CT molecular complexity index is 619. The Morgan fingerprint density at radius 3 is 2.33 bits per heavy atom. The van der Waals surface area contributed by atoms with Crippen LogP contribution in [-0.2, 0) is 4.79 Å². The zero-order valence-electron chi connectivity index (χ0n) is 14.4. The van der Waals surface area contributed by atoms with Crippen LogP contribution in [0.15, 0.2) is 6.07 Å². The van der Waals surface area contributed by atoms with Crippen molar-refractivity contribution in [2.45, 2.75) is 45.6 Å². The average Bonchev–Trinajstić information content (AvgIpc) is 3.06. The summed E-state index contributed by atoms with van der Waals surface area (Å²) in [6, 6.07) is 2.20. The molecule has 0 bridgehead atoms. The molecule has 3 rings (SSSR count). The van der Waals surface area contributed by atoms with Gasteiger partial charge in [0.1, 0.15) is 17.3 Å². The summed E-state index contributed by atoms with van der Waals surface area (Å²) in [7, 11) is 0. The van der Waals surface area contributed by atoms with Crippen LogP contribution in [0.1, 0.15) is 48.9 Å². The highest BCUT2D eigenvalue weighted by molar-refractivity contribution is 5.93. The molecule has 1 aliphatic carbocycles. The Morgan fingerprint density at radius 1 is 1.08 bits per heavy atom. The number of hydrogen-bond donors (Lipinski definition) is 1. The van der Waals surface area contributed by atoms with E-state index in [1.54, 1.807) is 22.8 Å². The first-order valence-corrected chi connectivity index (χ1v) is 8.70. The molecule has 2 amide bonds. The van der Waals surface area contributed by atoms with Crippen molar-refractivity contribution in [3.63, 3.8) is 0 Å². The van der Waals surface area contributed by atoms with Crippen LogP contribution < -0.4 is 5.32 Å². The number of nitrogens with one attached hydrogen (secondary N) is 1. The summed E-state index contributed by atoms with van der Waals surface area (Å²) in [4.78, 5) is 36.4. The topological polar surface area (TPSA) is 78.4 Å². The zero-order valence-corrected chi connectivity index (χ0v) is 14.4. The number of aromatic nitrogens is 2. The second-order valence-electron chi connectivity index (χ2n) is 6.61. The first-order valence-electron chi connectivity index (χ1n) is 8.70. The lowest BCUT2D eigenvalue weighted by Gasteiger charge is -2.34. The molecular weight excluding hydrogens is 306 g/mol. The van der Waals surface area contributed by atoms with Crippen molar-refractivity contribution in [2.75, 3.05) is 31.5 Å². The molecule has 7 heteroatoms. The maximum Gasteiger partial charge on any atom is 0.272 e. The molecule has 2 fully saturated rings. The van der Waals surface area contributed by atoms with Gasteiger partial charge in [0.15, 0.2) is 0 Å². The molecule has 1 aliphatic heterocycles. The normalized spacial score (nSPS) is 18.8. The Morgan fingerprint density at radius 2 is 1.71 bits per heavy atom. The van der Waals surface area contributed by atoms with Crippen molar-refractivity contribution in [3.8, 4) is 0 Å². The molecule has 1 aromatic heterocycles. The van der Waals surface area contributed by atoms with Crippen molar-refractivity contribution >= 4 is 17.6 Å². The van der Waals surface area contributed by atoms with Gasteiger partial charge in [-0.15, -0.1) is 0 Å². The van der Waals surface area contributed by atoms with Gasteiger partial charge in [0.25, 0.3) is 5.91 Å². The zero-order chi connectivity index (χ0) is 17.1. The number of nitrogens with zero attached hydrogens (tertiary/aromatic N) is 4. The molecule has 130 valence electrons. The van der Waals surface area contributed by atoms with Crippen LogP contribution in [0.2, 0.25) is 0 Å². The van der Waals surface area contributed by atoms with Crippen LogP contribution in [0.3, 0.4) is 0 Å². The Kier molecular flexibility index (Phi) is 4.97. The average molecular weight is 331 g/mol. The van der Waals surface area contributed by atoms with Gasteiger partial charge in [-0.1, -0.05) is 12.8 Å². The molecule has 1 N–H and O–H groups in total. The maximum absolute atomic E-state index is 12.7. The van der Waals surface area contributed by atoms with E-state index in [2.05, 4.69) is 15.3 Å². The molecule has 0 radical (unpaired) electrons. The third-order valence-electron chi connectivity index (χ3n) is 4.78. The third-order valence-corrected chi connectivity index (χ3v) is 4.78.